The first-order valence-corrected chi connectivity index (χ1v) is 20.0. The van der Waals surface area contributed by atoms with Crippen molar-refractivity contribution >= 4 is 49.4 Å². The fourth-order valence-corrected chi connectivity index (χ4v) is 8.04. The van der Waals surface area contributed by atoms with Gasteiger partial charge in [0.05, 0.1) is 16.4 Å². The lowest BCUT2D eigenvalue weighted by molar-refractivity contribution is 1.28. The minimum Gasteiger partial charge on any atom is -0.311 e. The predicted octanol–water partition coefficient (Wildman–Crippen LogP) is 17.0. The molecular weight excluding hydrogens is 735 g/mol. The summed E-state index contributed by atoms with van der Waals surface area (Å²) in [5, 5.41) is 5.27. The van der Waals surface area contributed by atoms with Gasteiger partial charge >= 0.3 is 0 Å². The molecule has 11 rings (SSSR count). The first-order chi connectivity index (χ1) is 35.3. The average Bonchev–Trinajstić information content (AvgIpc) is 3.42. The predicted molar refractivity (Wildman–Crippen MR) is 261 cm³/mol. The van der Waals surface area contributed by atoms with Crippen molar-refractivity contribution in [3.63, 3.8) is 0 Å². The summed E-state index contributed by atoms with van der Waals surface area (Å²) in [6, 6.07) is 47.3. The number of hydrogen-bond acceptors (Lipinski definition) is 1. The van der Waals surface area contributed by atoms with Gasteiger partial charge in [0.25, 0.3) is 0 Å². The topological polar surface area (TPSA) is 3.24 Å². The minimum absolute atomic E-state index is 0.0443. The van der Waals surface area contributed by atoms with E-state index in [-0.39, 0.29) is 16.7 Å². The van der Waals surface area contributed by atoms with Crippen molar-refractivity contribution < 1.29 is 16.4 Å². The minimum atomic E-state index is -0.677. The van der Waals surface area contributed by atoms with Crippen LogP contribution in [0.15, 0.2) is 248 Å². The number of hydrogen-bond donors (Lipinski definition) is 0. The molecule has 0 amide bonds. The molecule has 0 saturated heterocycles. The van der Waals surface area contributed by atoms with E-state index in [1.807, 2.05) is 133 Å². The van der Waals surface area contributed by atoms with Crippen molar-refractivity contribution in [2.75, 3.05) is 4.90 Å². The second-order valence-electron chi connectivity index (χ2n) is 14.7. The van der Waals surface area contributed by atoms with E-state index in [0.717, 1.165) is 48.5 Å². The highest BCUT2D eigenvalue weighted by atomic mass is 15.1. The van der Waals surface area contributed by atoms with E-state index in [1.165, 1.54) is 0 Å². The Kier molecular flexibility index (Phi) is 6.53. The Morgan fingerprint density at radius 3 is 1.38 bits per heavy atom. The Morgan fingerprint density at radius 1 is 0.262 bits per heavy atom. The van der Waals surface area contributed by atoms with Crippen LogP contribution in [-0.2, 0) is 0 Å². The van der Waals surface area contributed by atoms with E-state index in [0.29, 0.717) is 27.6 Å². The molecule has 0 aromatic heterocycles. The molecule has 0 saturated carbocycles. The van der Waals surface area contributed by atoms with Gasteiger partial charge in [-0.3, -0.25) is 0 Å². The first kappa shape index (κ1) is 25.5. The summed E-state index contributed by atoms with van der Waals surface area (Å²) in [5.74, 6) is 0. The van der Waals surface area contributed by atoms with Crippen LogP contribution in [0.3, 0.4) is 0 Å². The van der Waals surface area contributed by atoms with Gasteiger partial charge in [0, 0.05) is 17.1 Å². The van der Waals surface area contributed by atoms with Gasteiger partial charge in [-0.15, -0.1) is 0 Å². The van der Waals surface area contributed by atoms with Crippen LogP contribution in [0.1, 0.15) is 16.4 Å². The van der Waals surface area contributed by atoms with Gasteiger partial charge in [0.2, 0.25) is 0 Å². The van der Waals surface area contributed by atoms with Crippen LogP contribution in [0.4, 0.5) is 17.1 Å². The molecule has 0 bridgehead atoms. The largest absolute Gasteiger partial charge is 0.311 e. The summed E-state index contributed by atoms with van der Waals surface area (Å²) in [6.45, 7) is 0. The number of rotatable bonds is 8. The lowest BCUT2D eigenvalue weighted by Crippen LogP contribution is -2.09. The number of benzene rings is 11. The zero-order chi connectivity index (χ0) is 51.0. The molecule has 286 valence electrons. The van der Waals surface area contributed by atoms with E-state index < -0.39 is 89.6 Å². The van der Waals surface area contributed by atoms with E-state index in [2.05, 4.69) is 6.07 Å². The van der Waals surface area contributed by atoms with Crippen LogP contribution < -0.4 is 4.90 Å². The highest BCUT2D eigenvalue weighted by Crippen LogP contribution is 2.42. The highest BCUT2D eigenvalue weighted by Gasteiger charge is 2.17. The van der Waals surface area contributed by atoms with Gasteiger partial charge < -0.3 is 4.90 Å². The lowest BCUT2D eigenvalue weighted by Gasteiger charge is -2.26. The van der Waals surface area contributed by atoms with Gasteiger partial charge in [0.1, 0.15) is 0 Å². The summed E-state index contributed by atoms with van der Waals surface area (Å²) in [6.07, 6.45) is 0. The van der Waals surface area contributed by atoms with Crippen LogP contribution in [-0.4, -0.2) is 0 Å². The van der Waals surface area contributed by atoms with Crippen molar-refractivity contribution in [3.05, 3.63) is 248 Å². The molecule has 0 atom stereocenters. The normalized spacial score (nSPS) is 14.0. The zero-order valence-corrected chi connectivity index (χ0v) is 32.7. The summed E-state index contributed by atoms with van der Waals surface area (Å²) in [5.41, 5.74) is 2.45. The summed E-state index contributed by atoms with van der Waals surface area (Å²) in [7, 11) is 0. The fourth-order valence-electron chi connectivity index (χ4n) is 8.04. The molecule has 0 aliphatic rings. The van der Waals surface area contributed by atoms with Gasteiger partial charge in [0.15, 0.2) is 0 Å². The maximum atomic E-state index is 9.80. The van der Waals surface area contributed by atoms with E-state index in [4.69, 9.17) is 0 Å². The average molecular weight is 788 g/mol. The zero-order valence-electron chi connectivity index (χ0n) is 44.7. The third kappa shape index (κ3) is 6.93. The van der Waals surface area contributed by atoms with E-state index in [1.54, 1.807) is 36.4 Å². The van der Waals surface area contributed by atoms with Crippen LogP contribution in [0.25, 0.3) is 88.0 Å². The summed E-state index contributed by atoms with van der Waals surface area (Å²) in [4.78, 5) is 0.865. The molecular formula is C60H41N. The van der Waals surface area contributed by atoms with Crippen LogP contribution in [0.2, 0.25) is 0 Å². The van der Waals surface area contributed by atoms with Gasteiger partial charge in [-0.1, -0.05) is 206 Å². The molecule has 0 aliphatic carbocycles. The molecule has 0 aliphatic heterocycles. The Morgan fingerprint density at radius 2 is 0.721 bits per heavy atom. The molecule has 1 heteroatoms. The molecule has 0 spiro atoms. The van der Waals surface area contributed by atoms with Crippen LogP contribution in [0, 0.1) is 0 Å². The first-order valence-electron chi connectivity index (χ1n) is 26.0. The van der Waals surface area contributed by atoms with E-state index >= 15 is 0 Å². The second kappa shape index (κ2) is 15.6. The Hall–Kier alpha value is -8.00. The summed E-state index contributed by atoms with van der Waals surface area (Å²) < 4.78 is 116. The molecule has 0 unspecified atom stereocenters. The van der Waals surface area contributed by atoms with Gasteiger partial charge in [-0.2, -0.15) is 0 Å². The molecule has 0 fully saturated rings. The quantitative estimate of drug-likeness (QED) is 0.148. The standard InChI is InChI=1S/C60H41N/c1-2-14-50(15-3-1)60-58-19-9-7-13-47(58)33-40-59(60)49-31-38-55(39-32-49)61(54-36-29-48(30-37-54)57-20-10-17-46-12-6-8-18-56(46)57)53-34-27-44(28-35-53)43-21-23-45(24-22-43)52-26-25-42-11-4-5-16-51(42)41-52/h1-41H/i27D,28D,29D,30D,31D,32D,34D,35D,36D,37D,38D,39D. The Labute approximate surface area is 373 Å². The lowest BCUT2D eigenvalue weighted by atomic mass is 9.90. The number of fused-ring (bicyclic) bond motifs is 3. The molecule has 0 N–H and O–H groups in total. The summed E-state index contributed by atoms with van der Waals surface area (Å²) >= 11 is 0. The van der Waals surface area contributed by atoms with Gasteiger partial charge in [-0.05, 0) is 130 Å². The smallest absolute Gasteiger partial charge is 0.0645 e. The third-order valence-corrected chi connectivity index (χ3v) is 11.1. The SMILES string of the molecule is [2H]c1c([2H])c(N(c2c([2H])c([2H])c(-c3ccc4ccccc4c3-c3ccccc3)c([2H])c2[2H])c2c([2H])c([2H])c(-c3cccc4ccccc34)c([2H])c2[2H])c([2H])c([2H])c1-c1ccc(-c2ccc3ccccc3c2)cc1. The maximum absolute atomic E-state index is 9.80. The molecule has 0 radical (unpaired) electrons. The maximum Gasteiger partial charge on any atom is 0.0645 e. The van der Waals surface area contributed by atoms with Crippen molar-refractivity contribution in [3.8, 4) is 55.6 Å². The molecule has 11 aromatic rings. The number of anilines is 3. The molecule has 61 heavy (non-hydrogen) atoms. The van der Waals surface area contributed by atoms with Crippen LogP contribution >= 0.6 is 0 Å². The Balaban J connectivity index is 1.16. The van der Waals surface area contributed by atoms with Gasteiger partial charge in [-0.25, -0.2) is 0 Å². The number of nitrogens with zero attached hydrogens (tertiary/aromatic N) is 1. The molecule has 1 nitrogen and oxygen atoms in total. The third-order valence-electron chi connectivity index (χ3n) is 11.1. The molecule has 0 heterocycles. The highest BCUT2D eigenvalue weighted by molar-refractivity contribution is 6.04. The van der Waals surface area contributed by atoms with Crippen molar-refractivity contribution in [2.45, 2.75) is 0 Å². The Bertz CT molecular complexity index is 3970. The van der Waals surface area contributed by atoms with E-state index in [9.17, 15) is 16.4 Å². The monoisotopic (exact) mass is 787 g/mol. The van der Waals surface area contributed by atoms with Crippen LogP contribution in [0.5, 0.6) is 0 Å². The van der Waals surface area contributed by atoms with Crippen molar-refractivity contribution in [2.24, 2.45) is 0 Å². The van der Waals surface area contributed by atoms with Crippen molar-refractivity contribution in [1.29, 1.82) is 0 Å². The fraction of sp³-hybridized carbons (Fsp3) is 0. The van der Waals surface area contributed by atoms with Crippen molar-refractivity contribution in [1.82, 2.24) is 0 Å². The molecule has 11 aromatic carbocycles. The second-order valence-corrected chi connectivity index (χ2v) is 14.7.